The molecule has 2 heterocycles. The normalized spacial score (nSPS) is 26.9. The number of aliphatic hydroxyl groups is 1. The van der Waals surface area contributed by atoms with Crippen molar-refractivity contribution in [3.8, 4) is 0 Å². The van der Waals surface area contributed by atoms with Gasteiger partial charge in [0, 0.05) is 18.2 Å². The maximum absolute atomic E-state index is 12.1. The minimum Gasteiger partial charge on any atom is -0.417 e. The average molecular weight is 385 g/mol. The van der Waals surface area contributed by atoms with Crippen LogP contribution in [0.2, 0.25) is 5.04 Å². The van der Waals surface area contributed by atoms with E-state index in [1.165, 1.54) is 10.8 Å². The van der Waals surface area contributed by atoms with Crippen molar-refractivity contribution in [2.24, 2.45) is 5.92 Å². The van der Waals surface area contributed by atoms with Gasteiger partial charge in [-0.1, -0.05) is 27.7 Å². The molecule has 1 unspecified atom stereocenters. The van der Waals surface area contributed by atoms with Crippen molar-refractivity contribution in [3.05, 3.63) is 32.6 Å². The van der Waals surface area contributed by atoms with Gasteiger partial charge in [-0.25, -0.2) is 4.79 Å². The van der Waals surface area contributed by atoms with Crippen molar-refractivity contribution in [1.82, 2.24) is 9.55 Å². The van der Waals surface area contributed by atoms with E-state index in [2.05, 4.69) is 32.7 Å². The van der Waals surface area contributed by atoms with Crippen LogP contribution in [0.15, 0.2) is 15.8 Å². The molecule has 3 atom stereocenters. The van der Waals surface area contributed by atoms with Crippen LogP contribution >= 0.6 is 0 Å². The van der Waals surface area contributed by atoms with Crippen molar-refractivity contribution >= 4 is 16.0 Å². The number of aliphatic hydroxyl groups excluding tert-OH is 1. The van der Waals surface area contributed by atoms with Crippen molar-refractivity contribution < 1.29 is 19.1 Å². The molecule has 2 N–H and O–H groups in total. The molecule has 1 fully saturated rings. The highest BCUT2D eigenvalue weighted by molar-refractivity contribution is 6.32. The summed E-state index contributed by atoms with van der Waals surface area (Å²) in [5, 5.41) is 9.80. The zero-order chi connectivity index (χ0) is 19.7. The molecule has 0 aromatic carbocycles. The van der Waals surface area contributed by atoms with E-state index in [4.69, 9.17) is 9.16 Å². The topological polar surface area (TPSA) is 111 Å². The van der Waals surface area contributed by atoms with Gasteiger partial charge in [-0.3, -0.25) is 19.1 Å². The lowest BCUT2D eigenvalue weighted by atomic mass is 9.99. The maximum Gasteiger partial charge on any atom is 0.330 e. The van der Waals surface area contributed by atoms with Crippen LogP contribution in [0.1, 0.15) is 45.9 Å². The number of ether oxygens (including phenoxy) is 1. The van der Waals surface area contributed by atoms with Crippen LogP contribution < -0.4 is 11.2 Å². The van der Waals surface area contributed by atoms with Gasteiger partial charge in [-0.15, -0.1) is 0 Å². The molecule has 26 heavy (non-hydrogen) atoms. The molecule has 146 valence electrons. The summed E-state index contributed by atoms with van der Waals surface area (Å²) >= 11 is 0. The highest BCUT2D eigenvalue weighted by atomic mass is 28.2. The van der Waals surface area contributed by atoms with E-state index in [1.54, 1.807) is 6.92 Å². The number of rotatable bonds is 7. The Labute approximate surface area is 154 Å². The molecule has 0 spiro atoms. The summed E-state index contributed by atoms with van der Waals surface area (Å²) in [5.74, 6) is 0.413. The van der Waals surface area contributed by atoms with E-state index < -0.39 is 45.6 Å². The van der Waals surface area contributed by atoms with Gasteiger partial charge in [0.1, 0.15) is 6.23 Å². The molecule has 1 saturated heterocycles. The summed E-state index contributed by atoms with van der Waals surface area (Å²) in [6.45, 7) is 9.51. The Hall–Kier alpha value is -1.55. The third kappa shape index (κ3) is 3.90. The summed E-state index contributed by atoms with van der Waals surface area (Å²) < 4.78 is 13.1. The Morgan fingerprint density at radius 1 is 1.54 bits per heavy atom. The van der Waals surface area contributed by atoms with Gasteiger partial charge in [0.05, 0.1) is 12.7 Å². The molecular weight excluding hydrogens is 356 g/mol. The van der Waals surface area contributed by atoms with Crippen LogP contribution in [0.4, 0.5) is 0 Å². The van der Waals surface area contributed by atoms with Gasteiger partial charge in [0.2, 0.25) is 0 Å². The Morgan fingerprint density at radius 2 is 2.19 bits per heavy atom. The molecule has 0 amide bonds. The van der Waals surface area contributed by atoms with E-state index in [-0.39, 0.29) is 11.5 Å². The van der Waals surface area contributed by atoms with E-state index in [9.17, 15) is 19.5 Å². The van der Waals surface area contributed by atoms with Crippen molar-refractivity contribution in [3.63, 3.8) is 0 Å². The molecule has 1 aliphatic rings. The summed E-state index contributed by atoms with van der Waals surface area (Å²) in [4.78, 5) is 37.6. The standard InChI is InChI=1S/C17H28N2O6Si/c1-10(2)16(4,5)26-25-12-6-13(24-17(12,8-20)9-21)19-7-11(3)14(22)18-15(19)23/h7-8,10,12-13,21H,6,9,26H2,1-5H3,(H,18,22,23)/t12?,13-,17-/m1/s1. The Kier molecular flexibility index (Phi) is 6.06. The highest BCUT2D eigenvalue weighted by Crippen LogP contribution is 2.39. The first-order valence-corrected chi connectivity index (χ1v) is 10.0. The van der Waals surface area contributed by atoms with Gasteiger partial charge >= 0.3 is 5.69 Å². The second-order valence-electron chi connectivity index (χ2n) is 7.96. The fourth-order valence-corrected chi connectivity index (χ4v) is 4.08. The van der Waals surface area contributed by atoms with Crippen LogP contribution in [-0.4, -0.2) is 49.0 Å². The quantitative estimate of drug-likeness (QED) is 0.506. The lowest BCUT2D eigenvalue weighted by Gasteiger charge is -2.33. The monoisotopic (exact) mass is 384 g/mol. The highest BCUT2D eigenvalue weighted by Gasteiger charge is 2.50. The van der Waals surface area contributed by atoms with E-state index in [1.807, 2.05) is 0 Å². The predicted molar refractivity (Wildman–Crippen MR) is 99.0 cm³/mol. The fraction of sp³-hybridized carbons (Fsp3) is 0.706. The van der Waals surface area contributed by atoms with Crippen molar-refractivity contribution in [1.29, 1.82) is 0 Å². The Balaban J connectivity index is 2.30. The number of aldehydes is 1. The lowest BCUT2D eigenvalue weighted by Crippen LogP contribution is -2.47. The SMILES string of the molecule is Cc1cn([C@H]2CC(O[SiH2]C(C)(C)C(C)C)[C@@](C=O)(CO)O2)c(=O)[nH]c1=O. The second-order valence-corrected chi connectivity index (χ2v) is 10.4. The van der Waals surface area contributed by atoms with Gasteiger partial charge in [-0.05, 0) is 17.9 Å². The molecule has 0 radical (unpaired) electrons. The molecule has 8 nitrogen and oxygen atoms in total. The van der Waals surface area contributed by atoms with Crippen molar-refractivity contribution in [2.75, 3.05) is 6.61 Å². The molecule has 0 bridgehead atoms. The van der Waals surface area contributed by atoms with Gasteiger partial charge < -0.3 is 14.3 Å². The number of nitrogens with one attached hydrogen (secondary N) is 1. The van der Waals surface area contributed by atoms with Crippen LogP contribution in [0.25, 0.3) is 0 Å². The first-order valence-electron chi connectivity index (χ1n) is 8.75. The molecule has 1 aromatic rings. The molecule has 1 aliphatic heterocycles. The number of nitrogens with zero attached hydrogens (tertiary/aromatic N) is 1. The average Bonchev–Trinajstić information content (AvgIpc) is 2.95. The minimum atomic E-state index is -1.51. The maximum atomic E-state index is 12.1. The third-order valence-corrected chi connectivity index (χ3v) is 7.57. The number of aromatic nitrogens is 2. The van der Waals surface area contributed by atoms with Crippen LogP contribution in [0.3, 0.4) is 0 Å². The third-order valence-electron chi connectivity index (χ3n) is 5.44. The second kappa shape index (κ2) is 7.59. The number of hydrogen-bond acceptors (Lipinski definition) is 6. The molecule has 1 aromatic heterocycles. The summed E-state index contributed by atoms with van der Waals surface area (Å²) in [7, 11) is -1.05. The largest absolute Gasteiger partial charge is 0.417 e. The summed E-state index contributed by atoms with van der Waals surface area (Å²) in [6.07, 6.45) is 0.760. The molecular formula is C17H28N2O6Si. The first kappa shape index (κ1) is 20.8. The number of carbonyl (C=O) groups excluding carboxylic acids is 1. The van der Waals surface area contributed by atoms with Crippen LogP contribution in [-0.2, 0) is 14.0 Å². The Morgan fingerprint density at radius 3 is 2.73 bits per heavy atom. The lowest BCUT2D eigenvalue weighted by molar-refractivity contribution is -0.150. The van der Waals surface area contributed by atoms with Crippen LogP contribution in [0, 0.1) is 12.8 Å². The number of carbonyl (C=O) groups is 1. The number of hydrogen-bond donors (Lipinski definition) is 2. The smallest absolute Gasteiger partial charge is 0.330 e. The van der Waals surface area contributed by atoms with Crippen LogP contribution in [0.5, 0.6) is 0 Å². The van der Waals surface area contributed by atoms with Crippen molar-refractivity contribution in [2.45, 2.75) is 64.0 Å². The first-order chi connectivity index (χ1) is 12.1. The molecule has 0 saturated carbocycles. The molecule has 2 rings (SSSR count). The number of H-pyrrole nitrogens is 1. The summed E-state index contributed by atoms with van der Waals surface area (Å²) in [6, 6.07) is 0. The molecule has 9 heteroatoms. The number of aryl methyl sites for hydroxylation is 1. The Bertz CT molecular complexity index is 771. The molecule has 0 aliphatic carbocycles. The summed E-state index contributed by atoms with van der Waals surface area (Å²) in [5.41, 5.74) is -2.24. The van der Waals surface area contributed by atoms with Gasteiger partial charge in [-0.2, -0.15) is 0 Å². The zero-order valence-electron chi connectivity index (χ0n) is 15.9. The van der Waals surface area contributed by atoms with E-state index in [0.29, 0.717) is 17.8 Å². The fourth-order valence-electron chi connectivity index (χ4n) is 2.70. The van der Waals surface area contributed by atoms with Gasteiger partial charge in [0.15, 0.2) is 21.7 Å². The number of aromatic amines is 1. The zero-order valence-corrected chi connectivity index (χ0v) is 17.4. The van der Waals surface area contributed by atoms with E-state index in [0.717, 1.165) is 0 Å². The minimum absolute atomic E-state index is 0.00752. The van der Waals surface area contributed by atoms with E-state index >= 15 is 0 Å². The van der Waals surface area contributed by atoms with Gasteiger partial charge in [0.25, 0.3) is 5.56 Å². The predicted octanol–water partition coefficient (Wildman–Crippen LogP) is 0.0174.